The lowest BCUT2D eigenvalue weighted by Gasteiger charge is -2.21. The minimum atomic E-state index is -0.286. The van der Waals surface area contributed by atoms with Crippen molar-refractivity contribution >= 4 is 39.2 Å². The van der Waals surface area contributed by atoms with Crippen LogP contribution in [0.4, 0.5) is 11.8 Å². The molecule has 0 spiro atoms. The second-order valence-corrected chi connectivity index (χ2v) is 6.08. The highest BCUT2D eigenvalue weighted by Gasteiger charge is 2.24. The van der Waals surface area contributed by atoms with Gasteiger partial charge in [0.2, 0.25) is 11.9 Å². The zero-order chi connectivity index (χ0) is 14.8. The van der Waals surface area contributed by atoms with Gasteiger partial charge in [0.05, 0.1) is 5.39 Å². The lowest BCUT2D eigenvalue weighted by Crippen LogP contribution is -2.39. The van der Waals surface area contributed by atoms with Gasteiger partial charge in [-0.1, -0.05) is 0 Å². The van der Waals surface area contributed by atoms with Crippen LogP contribution in [0.15, 0.2) is 11.4 Å². The van der Waals surface area contributed by atoms with E-state index in [1.165, 1.54) is 0 Å². The summed E-state index contributed by atoms with van der Waals surface area (Å²) in [6.45, 7) is 3.62. The number of rotatable bonds is 4. The van der Waals surface area contributed by atoms with E-state index in [0.717, 1.165) is 36.1 Å². The van der Waals surface area contributed by atoms with Gasteiger partial charge in [-0.3, -0.25) is 4.79 Å². The Labute approximate surface area is 127 Å². The first-order chi connectivity index (χ1) is 10.2. The zero-order valence-electron chi connectivity index (χ0n) is 12.2. The van der Waals surface area contributed by atoms with E-state index >= 15 is 0 Å². The standard InChI is InChI=1S/C14H19N5OS/c1-9(13(20)19-6-3-4-7-19)16-11-10-5-8-21-12(10)18-14(15-2)17-11/h5,8-9H,3-4,6-7H2,1-2H3,(H2,15,16,17,18). The van der Waals surface area contributed by atoms with Gasteiger partial charge in [0, 0.05) is 20.1 Å². The highest BCUT2D eigenvalue weighted by molar-refractivity contribution is 7.16. The SMILES string of the molecule is CNc1nc(NC(C)C(=O)N2CCCC2)c2ccsc2n1. The molecule has 0 radical (unpaired) electrons. The van der Waals surface area contributed by atoms with Crippen molar-refractivity contribution in [1.29, 1.82) is 0 Å². The third-order valence-electron chi connectivity index (χ3n) is 3.69. The zero-order valence-corrected chi connectivity index (χ0v) is 13.0. The molecular weight excluding hydrogens is 286 g/mol. The van der Waals surface area contributed by atoms with Gasteiger partial charge in [0.1, 0.15) is 16.7 Å². The molecule has 2 aromatic heterocycles. The molecule has 21 heavy (non-hydrogen) atoms. The summed E-state index contributed by atoms with van der Waals surface area (Å²) >= 11 is 1.57. The number of aromatic nitrogens is 2. The summed E-state index contributed by atoms with van der Waals surface area (Å²) in [6.07, 6.45) is 2.20. The number of carbonyl (C=O) groups excluding carboxylic acids is 1. The minimum absolute atomic E-state index is 0.139. The first-order valence-electron chi connectivity index (χ1n) is 7.17. The average Bonchev–Trinajstić information content (AvgIpc) is 3.17. The Balaban J connectivity index is 1.83. The molecule has 1 amide bonds. The Bertz CT molecular complexity index is 650. The Kier molecular flexibility index (Phi) is 3.92. The van der Waals surface area contributed by atoms with Crippen LogP contribution in [0.1, 0.15) is 19.8 Å². The third kappa shape index (κ3) is 2.78. The van der Waals surface area contributed by atoms with Crippen LogP contribution >= 0.6 is 11.3 Å². The summed E-state index contributed by atoms with van der Waals surface area (Å²) < 4.78 is 0. The van der Waals surface area contributed by atoms with Crippen molar-refractivity contribution in [2.75, 3.05) is 30.8 Å². The van der Waals surface area contributed by atoms with Crippen LogP contribution in [0, 0.1) is 0 Å². The monoisotopic (exact) mass is 305 g/mol. The number of anilines is 2. The van der Waals surface area contributed by atoms with Crippen LogP contribution in [-0.2, 0) is 4.79 Å². The molecule has 0 aromatic carbocycles. The average molecular weight is 305 g/mol. The fourth-order valence-corrected chi connectivity index (χ4v) is 3.32. The second-order valence-electron chi connectivity index (χ2n) is 5.18. The van der Waals surface area contributed by atoms with Crippen molar-refractivity contribution in [2.24, 2.45) is 0 Å². The number of thiophene rings is 1. The molecular formula is C14H19N5OS. The van der Waals surface area contributed by atoms with Crippen molar-refractivity contribution in [3.63, 3.8) is 0 Å². The van der Waals surface area contributed by atoms with Gasteiger partial charge in [0.15, 0.2) is 0 Å². The van der Waals surface area contributed by atoms with Crippen LogP contribution in [0.25, 0.3) is 10.2 Å². The molecule has 0 aliphatic carbocycles. The van der Waals surface area contributed by atoms with E-state index < -0.39 is 0 Å². The van der Waals surface area contributed by atoms with Gasteiger partial charge < -0.3 is 15.5 Å². The maximum absolute atomic E-state index is 12.4. The molecule has 1 fully saturated rings. The molecule has 2 aromatic rings. The quantitative estimate of drug-likeness (QED) is 0.906. The Morgan fingerprint density at radius 2 is 2.14 bits per heavy atom. The number of amides is 1. The van der Waals surface area contributed by atoms with Gasteiger partial charge in [-0.25, -0.2) is 4.98 Å². The third-order valence-corrected chi connectivity index (χ3v) is 4.50. The lowest BCUT2D eigenvalue weighted by molar-refractivity contribution is -0.130. The minimum Gasteiger partial charge on any atom is -0.358 e. The molecule has 7 heteroatoms. The summed E-state index contributed by atoms with van der Waals surface area (Å²) in [5.74, 6) is 1.42. The van der Waals surface area contributed by atoms with Crippen molar-refractivity contribution in [1.82, 2.24) is 14.9 Å². The lowest BCUT2D eigenvalue weighted by atomic mass is 10.2. The van der Waals surface area contributed by atoms with Crippen LogP contribution in [0.5, 0.6) is 0 Å². The summed E-state index contributed by atoms with van der Waals surface area (Å²) in [5.41, 5.74) is 0. The van der Waals surface area contributed by atoms with Gasteiger partial charge in [-0.05, 0) is 31.2 Å². The number of hydrogen-bond acceptors (Lipinski definition) is 6. The number of fused-ring (bicyclic) bond motifs is 1. The fraction of sp³-hybridized carbons (Fsp3) is 0.500. The van der Waals surface area contributed by atoms with Crippen molar-refractivity contribution < 1.29 is 4.79 Å². The molecule has 1 unspecified atom stereocenters. The van der Waals surface area contributed by atoms with Crippen molar-refractivity contribution in [3.8, 4) is 0 Å². The highest BCUT2D eigenvalue weighted by atomic mass is 32.1. The first-order valence-corrected chi connectivity index (χ1v) is 8.05. The summed E-state index contributed by atoms with van der Waals surface area (Å²) in [5, 5.41) is 9.14. The van der Waals surface area contributed by atoms with Gasteiger partial charge in [0.25, 0.3) is 0 Å². The molecule has 6 nitrogen and oxygen atoms in total. The van der Waals surface area contributed by atoms with Crippen molar-refractivity contribution in [3.05, 3.63) is 11.4 Å². The highest BCUT2D eigenvalue weighted by Crippen LogP contribution is 2.27. The normalized spacial score (nSPS) is 16.2. The fourth-order valence-electron chi connectivity index (χ4n) is 2.56. The molecule has 2 N–H and O–H groups in total. The largest absolute Gasteiger partial charge is 0.358 e. The number of hydrogen-bond donors (Lipinski definition) is 2. The van der Waals surface area contributed by atoms with E-state index in [9.17, 15) is 4.79 Å². The molecule has 1 saturated heterocycles. The summed E-state index contributed by atoms with van der Waals surface area (Å²) in [6, 6.07) is 1.69. The predicted molar refractivity (Wildman–Crippen MR) is 85.9 cm³/mol. The second kappa shape index (κ2) is 5.85. The number of likely N-dealkylation sites (tertiary alicyclic amines) is 1. The predicted octanol–water partition coefficient (Wildman–Crippen LogP) is 2.16. The van der Waals surface area contributed by atoms with Gasteiger partial charge in [-0.2, -0.15) is 4.98 Å². The Morgan fingerprint density at radius 1 is 1.38 bits per heavy atom. The van der Waals surface area contributed by atoms with Crippen molar-refractivity contribution in [2.45, 2.75) is 25.8 Å². The Morgan fingerprint density at radius 3 is 2.86 bits per heavy atom. The molecule has 1 atom stereocenters. The summed E-state index contributed by atoms with van der Waals surface area (Å²) in [4.78, 5) is 24.1. The molecule has 1 aliphatic rings. The maximum atomic E-state index is 12.4. The number of carbonyl (C=O) groups is 1. The molecule has 112 valence electrons. The molecule has 3 rings (SSSR count). The van der Waals surface area contributed by atoms with E-state index in [2.05, 4.69) is 20.6 Å². The van der Waals surface area contributed by atoms with Crippen LogP contribution in [0.3, 0.4) is 0 Å². The summed E-state index contributed by atoms with van der Waals surface area (Å²) in [7, 11) is 1.79. The molecule has 1 aliphatic heterocycles. The first kappa shape index (κ1) is 14.1. The maximum Gasteiger partial charge on any atom is 0.244 e. The van der Waals surface area contributed by atoms with Crippen LogP contribution < -0.4 is 10.6 Å². The van der Waals surface area contributed by atoms with E-state index in [0.29, 0.717) is 11.8 Å². The molecule has 0 bridgehead atoms. The topological polar surface area (TPSA) is 70.2 Å². The van der Waals surface area contributed by atoms with Crippen LogP contribution in [0.2, 0.25) is 0 Å². The number of nitrogens with one attached hydrogen (secondary N) is 2. The smallest absolute Gasteiger partial charge is 0.244 e. The van der Waals surface area contributed by atoms with E-state index in [-0.39, 0.29) is 11.9 Å². The van der Waals surface area contributed by atoms with E-state index in [4.69, 9.17) is 0 Å². The Hall–Kier alpha value is -1.89. The van der Waals surface area contributed by atoms with Crippen LogP contribution in [-0.4, -0.2) is 47.0 Å². The number of nitrogens with zero attached hydrogens (tertiary/aromatic N) is 3. The van der Waals surface area contributed by atoms with Gasteiger partial charge in [-0.15, -0.1) is 11.3 Å². The molecule has 0 saturated carbocycles. The molecule has 3 heterocycles. The van der Waals surface area contributed by atoms with E-state index in [1.807, 2.05) is 23.3 Å². The van der Waals surface area contributed by atoms with Gasteiger partial charge >= 0.3 is 0 Å². The van der Waals surface area contributed by atoms with E-state index in [1.54, 1.807) is 18.4 Å².